The van der Waals surface area contributed by atoms with Crippen LogP contribution in [0.3, 0.4) is 0 Å². The van der Waals surface area contributed by atoms with Gasteiger partial charge in [-0.2, -0.15) is 4.31 Å². The topological polar surface area (TPSA) is 94.6 Å². The van der Waals surface area contributed by atoms with Crippen LogP contribution in [0.15, 0.2) is 65.6 Å². The van der Waals surface area contributed by atoms with Gasteiger partial charge in [0.15, 0.2) is 11.5 Å². The minimum Gasteiger partial charge on any atom is -0.497 e. The Balaban J connectivity index is 1.43. The summed E-state index contributed by atoms with van der Waals surface area (Å²) in [5.41, 5.74) is 2.39. The van der Waals surface area contributed by atoms with Gasteiger partial charge in [-0.3, -0.25) is 4.79 Å². The van der Waals surface area contributed by atoms with Gasteiger partial charge in [-0.05, 0) is 91.1 Å². The third-order valence-corrected chi connectivity index (χ3v) is 9.70. The zero-order valence-corrected chi connectivity index (χ0v) is 24.5. The molecule has 2 aliphatic rings. The van der Waals surface area contributed by atoms with Gasteiger partial charge >= 0.3 is 0 Å². The molecule has 0 aliphatic carbocycles. The van der Waals surface area contributed by atoms with Crippen LogP contribution in [0, 0.1) is 0 Å². The molecule has 0 aromatic heterocycles. The number of carbonyl (C=O) groups is 1. The Labute approximate surface area is 241 Å². The average Bonchev–Trinajstić information content (AvgIpc) is 3.03. The lowest BCUT2D eigenvalue weighted by Gasteiger charge is -2.37. The van der Waals surface area contributed by atoms with Crippen molar-refractivity contribution in [2.75, 3.05) is 47.6 Å². The van der Waals surface area contributed by atoms with Gasteiger partial charge in [0.2, 0.25) is 10.0 Å². The van der Waals surface area contributed by atoms with Gasteiger partial charge in [0, 0.05) is 25.2 Å². The summed E-state index contributed by atoms with van der Waals surface area (Å²) in [6.07, 6.45) is 3.40. The Hall–Kier alpha value is -3.76. The van der Waals surface area contributed by atoms with Gasteiger partial charge in [-0.1, -0.05) is 6.42 Å². The van der Waals surface area contributed by atoms with Gasteiger partial charge in [0.05, 0.1) is 32.3 Å². The Bertz CT molecular complexity index is 1470. The number of rotatable bonds is 9. The van der Waals surface area contributed by atoms with Crippen molar-refractivity contribution in [1.82, 2.24) is 9.21 Å². The molecular formula is C31H36N2O7S. The van der Waals surface area contributed by atoms with Crippen LogP contribution >= 0.6 is 0 Å². The second kappa shape index (κ2) is 12.4. The molecule has 0 radical (unpaired) electrons. The highest BCUT2D eigenvalue weighted by atomic mass is 32.2. The quantitative estimate of drug-likeness (QED) is 0.362. The maximum atomic E-state index is 13.9. The van der Waals surface area contributed by atoms with Crippen LogP contribution in [0.25, 0.3) is 0 Å². The van der Waals surface area contributed by atoms with Crippen molar-refractivity contribution >= 4 is 15.9 Å². The second-order valence-electron chi connectivity index (χ2n) is 10.1. The second-order valence-corrected chi connectivity index (χ2v) is 12.1. The summed E-state index contributed by atoms with van der Waals surface area (Å²) in [4.78, 5) is 15.9. The summed E-state index contributed by atoms with van der Waals surface area (Å²) in [7, 11) is 1.20. The van der Waals surface area contributed by atoms with E-state index in [2.05, 4.69) is 0 Å². The Kier molecular flexibility index (Phi) is 8.70. The van der Waals surface area contributed by atoms with Gasteiger partial charge in [-0.15, -0.1) is 0 Å². The summed E-state index contributed by atoms with van der Waals surface area (Å²) >= 11 is 0. The summed E-state index contributed by atoms with van der Waals surface area (Å²) in [5, 5.41) is 0. The SMILES string of the molecule is COc1ccc(OCC2c3cc(OC)c(OC)cc3CCN2C(=O)c2ccc(S(=O)(=O)N3CCCCC3)cc2)cc1. The molecule has 2 aliphatic heterocycles. The third kappa shape index (κ3) is 5.99. The molecule has 41 heavy (non-hydrogen) atoms. The zero-order valence-electron chi connectivity index (χ0n) is 23.7. The van der Waals surface area contributed by atoms with E-state index in [0.29, 0.717) is 48.9 Å². The number of sulfonamides is 1. The Morgan fingerprint density at radius 2 is 1.44 bits per heavy atom. The number of hydrogen-bond donors (Lipinski definition) is 0. The van der Waals surface area contributed by atoms with E-state index < -0.39 is 16.1 Å². The first kappa shape index (κ1) is 28.8. The first-order valence-electron chi connectivity index (χ1n) is 13.8. The molecule has 1 amide bonds. The monoisotopic (exact) mass is 580 g/mol. The summed E-state index contributed by atoms with van der Waals surface area (Å²) in [6, 6.07) is 17.0. The first-order valence-corrected chi connectivity index (χ1v) is 15.2. The van der Waals surface area contributed by atoms with Crippen LogP contribution < -0.4 is 18.9 Å². The van der Waals surface area contributed by atoms with Crippen LogP contribution in [-0.4, -0.2) is 71.1 Å². The van der Waals surface area contributed by atoms with Crippen LogP contribution in [0.5, 0.6) is 23.0 Å². The fourth-order valence-electron chi connectivity index (χ4n) is 5.49. The van der Waals surface area contributed by atoms with Crippen LogP contribution in [-0.2, 0) is 16.4 Å². The maximum Gasteiger partial charge on any atom is 0.254 e. The first-order chi connectivity index (χ1) is 19.8. The van der Waals surface area contributed by atoms with Crippen molar-refractivity contribution in [2.24, 2.45) is 0 Å². The lowest BCUT2D eigenvalue weighted by atomic mass is 9.91. The van der Waals surface area contributed by atoms with E-state index in [9.17, 15) is 13.2 Å². The molecule has 0 bridgehead atoms. The number of piperidine rings is 1. The van der Waals surface area contributed by atoms with Crippen molar-refractivity contribution in [2.45, 2.75) is 36.6 Å². The van der Waals surface area contributed by atoms with E-state index in [1.54, 1.807) is 38.4 Å². The van der Waals surface area contributed by atoms with Gasteiger partial charge in [0.25, 0.3) is 5.91 Å². The molecule has 0 spiro atoms. The standard InChI is InChI=1S/C31H36N2O7S/c1-37-24-9-11-25(12-10-24)40-21-28-27-20-30(39-3)29(38-2)19-23(27)15-18-33(28)31(34)22-7-13-26(14-8-22)41(35,36)32-16-5-4-6-17-32/h7-14,19-20,28H,4-6,15-18,21H2,1-3H3. The minimum atomic E-state index is -3.59. The Morgan fingerprint density at radius 3 is 2.07 bits per heavy atom. The molecule has 5 rings (SSSR count). The van der Waals surface area contributed by atoms with Gasteiger partial charge in [-0.25, -0.2) is 8.42 Å². The van der Waals surface area contributed by atoms with E-state index in [0.717, 1.165) is 36.1 Å². The predicted octanol–water partition coefficient (Wildman–Crippen LogP) is 4.71. The molecule has 1 atom stereocenters. The van der Waals surface area contributed by atoms with Crippen molar-refractivity contribution in [3.8, 4) is 23.0 Å². The average molecular weight is 581 g/mol. The molecule has 10 heteroatoms. The molecular weight excluding hydrogens is 544 g/mol. The van der Waals surface area contributed by atoms with E-state index in [-0.39, 0.29) is 17.4 Å². The highest BCUT2D eigenvalue weighted by Crippen LogP contribution is 2.39. The molecule has 0 saturated carbocycles. The lowest BCUT2D eigenvalue weighted by Crippen LogP contribution is -2.42. The highest BCUT2D eigenvalue weighted by Gasteiger charge is 2.34. The predicted molar refractivity (Wildman–Crippen MR) is 155 cm³/mol. The summed E-state index contributed by atoms with van der Waals surface area (Å²) in [6.45, 7) is 1.73. The summed E-state index contributed by atoms with van der Waals surface area (Å²) in [5.74, 6) is 2.38. The molecule has 1 unspecified atom stereocenters. The highest BCUT2D eigenvalue weighted by molar-refractivity contribution is 7.89. The maximum absolute atomic E-state index is 13.9. The normalized spacial score (nSPS) is 17.4. The number of amides is 1. The molecule has 0 N–H and O–H groups in total. The van der Waals surface area contributed by atoms with E-state index >= 15 is 0 Å². The molecule has 3 aromatic rings. The van der Waals surface area contributed by atoms with Crippen molar-refractivity contribution in [1.29, 1.82) is 0 Å². The number of benzene rings is 3. The fraction of sp³-hybridized carbons (Fsp3) is 0.387. The lowest BCUT2D eigenvalue weighted by molar-refractivity contribution is 0.0589. The third-order valence-electron chi connectivity index (χ3n) is 7.78. The smallest absolute Gasteiger partial charge is 0.254 e. The van der Waals surface area contributed by atoms with E-state index in [1.807, 2.05) is 36.4 Å². The number of fused-ring (bicyclic) bond motifs is 1. The molecule has 1 saturated heterocycles. The number of hydrogen-bond acceptors (Lipinski definition) is 7. The molecule has 9 nitrogen and oxygen atoms in total. The zero-order chi connectivity index (χ0) is 29.0. The van der Waals surface area contributed by atoms with Crippen LogP contribution in [0.1, 0.15) is 46.8 Å². The molecule has 1 fully saturated rings. The Morgan fingerprint density at radius 1 is 0.805 bits per heavy atom. The molecule has 218 valence electrons. The number of methoxy groups -OCH3 is 3. The van der Waals surface area contributed by atoms with Crippen molar-refractivity contribution in [3.63, 3.8) is 0 Å². The van der Waals surface area contributed by atoms with Crippen molar-refractivity contribution < 1.29 is 32.2 Å². The van der Waals surface area contributed by atoms with Gasteiger partial charge in [0.1, 0.15) is 18.1 Å². The number of nitrogens with zero attached hydrogens (tertiary/aromatic N) is 2. The minimum absolute atomic E-state index is 0.198. The summed E-state index contributed by atoms with van der Waals surface area (Å²) < 4.78 is 50.3. The van der Waals surface area contributed by atoms with Crippen molar-refractivity contribution in [3.05, 3.63) is 77.4 Å². The van der Waals surface area contributed by atoms with E-state index in [4.69, 9.17) is 18.9 Å². The van der Waals surface area contributed by atoms with Crippen LogP contribution in [0.2, 0.25) is 0 Å². The van der Waals surface area contributed by atoms with Gasteiger partial charge < -0.3 is 23.8 Å². The fourth-order valence-corrected chi connectivity index (χ4v) is 7.00. The molecule has 2 heterocycles. The number of ether oxygens (including phenoxy) is 4. The van der Waals surface area contributed by atoms with E-state index in [1.165, 1.54) is 16.4 Å². The molecule has 3 aromatic carbocycles. The number of carbonyl (C=O) groups excluding carboxylic acids is 1. The van der Waals surface area contributed by atoms with Crippen LogP contribution in [0.4, 0.5) is 0 Å². The largest absolute Gasteiger partial charge is 0.497 e.